The zero-order valence-corrected chi connectivity index (χ0v) is 16.1. The van der Waals surface area contributed by atoms with Crippen molar-refractivity contribution in [1.29, 1.82) is 0 Å². The predicted molar refractivity (Wildman–Crippen MR) is 101 cm³/mol. The molecule has 1 saturated heterocycles. The molecule has 0 radical (unpaired) electrons. The van der Waals surface area contributed by atoms with Gasteiger partial charge in [0.2, 0.25) is 15.9 Å². The fraction of sp³-hybridized carbons (Fsp3) is 0.500. The van der Waals surface area contributed by atoms with Crippen LogP contribution in [0.5, 0.6) is 5.88 Å². The van der Waals surface area contributed by atoms with Crippen LogP contribution in [0.15, 0.2) is 24.4 Å². The maximum absolute atomic E-state index is 11.8. The lowest BCUT2D eigenvalue weighted by molar-refractivity contribution is 0.251. The number of hydrogen-bond donors (Lipinski definition) is 1. The molecule has 1 aromatic carbocycles. The SMILES string of the molecule is CC(C)c1ccc(N2C[C@H](N(C)S(C)(=O)=O)[C@H]2C)c2cnc(O)cc12. The Morgan fingerprint density at radius 2 is 2.00 bits per heavy atom. The van der Waals surface area contributed by atoms with Crippen molar-refractivity contribution in [3.63, 3.8) is 0 Å². The summed E-state index contributed by atoms with van der Waals surface area (Å²) in [6.07, 6.45) is 2.94. The first kappa shape index (κ1) is 17.9. The number of aromatic hydroxyl groups is 1. The second kappa shape index (κ2) is 6.14. The Hall–Kier alpha value is -1.86. The number of aromatic nitrogens is 1. The van der Waals surface area contributed by atoms with Crippen LogP contribution < -0.4 is 4.90 Å². The largest absolute Gasteiger partial charge is 0.493 e. The first-order valence-electron chi connectivity index (χ1n) is 8.42. The molecule has 0 bridgehead atoms. The standard InChI is InChI=1S/C18H25N3O3S/c1-11(2)13-6-7-16(15-9-19-18(22)8-14(13)15)21-10-17(12(21)3)20(4)25(5,23)24/h6-9,11-12,17H,10H2,1-5H3,(H,19,22)/t12-,17+/m1/s1. The average Bonchev–Trinajstić information content (AvgIpc) is 2.51. The van der Waals surface area contributed by atoms with Crippen LogP contribution >= 0.6 is 0 Å². The van der Waals surface area contributed by atoms with Gasteiger partial charge in [0.05, 0.1) is 12.3 Å². The van der Waals surface area contributed by atoms with Gasteiger partial charge in [0.15, 0.2) is 0 Å². The monoisotopic (exact) mass is 363 g/mol. The summed E-state index contributed by atoms with van der Waals surface area (Å²) in [5.41, 5.74) is 2.19. The Balaban J connectivity index is 2.00. The molecule has 25 heavy (non-hydrogen) atoms. The van der Waals surface area contributed by atoms with Crippen molar-refractivity contribution in [2.75, 3.05) is 24.7 Å². The van der Waals surface area contributed by atoms with Gasteiger partial charge < -0.3 is 10.0 Å². The molecule has 2 atom stereocenters. The second-order valence-corrected chi connectivity index (χ2v) is 9.20. The van der Waals surface area contributed by atoms with E-state index in [-0.39, 0.29) is 18.0 Å². The van der Waals surface area contributed by atoms with Crippen molar-refractivity contribution in [2.45, 2.75) is 38.8 Å². The molecule has 2 aromatic rings. The number of likely N-dealkylation sites (N-methyl/N-ethyl adjacent to an activating group) is 1. The van der Waals surface area contributed by atoms with Crippen LogP contribution in [0.2, 0.25) is 0 Å². The summed E-state index contributed by atoms with van der Waals surface area (Å²) < 4.78 is 25.0. The fourth-order valence-corrected chi connectivity index (χ4v) is 4.30. The van der Waals surface area contributed by atoms with E-state index in [1.54, 1.807) is 19.3 Å². The van der Waals surface area contributed by atoms with Crippen LogP contribution in [0, 0.1) is 0 Å². The number of benzene rings is 1. The summed E-state index contributed by atoms with van der Waals surface area (Å²) in [6, 6.07) is 5.89. The minimum absolute atomic E-state index is 0.0119. The van der Waals surface area contributed by atoms with Gasteiger partial charge in [-0.25, -0.2) is 13.4 Å². The zero-order valence-electron chi connectivity index (χ0n) is 15.3. The van der Waals surface area contributed by atoms with E-state index in [1.165, 1.54) is 10.6 Å². The van der Waals surface area contributed by atoms with Crippen molar-refractivity contribution >= 4 is 26.5 Å². The summed E-state index contributed by atoms with van der Waals surface area (Å²) >= 11 is 0. The van der Waals surface area contributed by atoms with Crippen LogP contribution in [0.4, 0.5) is 5.69 Å². The molecule has 1 N–H and O–H groups in total. The molecule has 0 saturated carbocycles. The number of sulfonamides is 1. The maximum atomic E-state index is 11.8. The molecule has 0 spiro atoms. The molecule has 0 aliphatic carbocycles. The number of rotatable bonds is 4. The van der Waals surface area contributed by atoms with Crippen LogP contribution in [-0.4, -0.2) is 54.7 Å². The Morgan fingerprint density at radius 1 is 1.32 bits per heavy atom. The van der Waals surface area contributed by atoms with Gasteiger partial charge in [-0.15, -0.1) is 0 Å². The molecular formula is C18H25N3O3S. The van der Waals surface area contributed by atoms with Gasteiger partial charge in [-0.3, -0.25) is 0 Å². The van der Waals surface area contributed by atoms with E-state index >= 15 is 0 Å². The highest BCUT2D eigenvalue weighted by atomic mass is 32.2. The fourth-order valence-electron chi connectivity index (χ4n) is 3.56. The Kier molecular flexibility index (Phi) is 4.41. The van der Waals surface area contributed by atoms with Gasteiger partial charge in [-0.2, -0.15) is 4.31 Å². The second-order valence-electron chi connectivity index (χ2n) is 7.16. The topological polar surface area (TPSA) is 73.7 Å². The minimum atomic E-state index is -3.21. The Bertz CT molecular complexity index is 911. The molecule has 136 valence electrons. The number of anilines is 1. The molecule has 0 unspecified atom stereocenters. The third kappa shape index (κ3) is 3.06. The van der Waals surface area contributed by atoms with E-state index in [9.17, 15) is 13.5 Å². The summed E-state index contributed by atoms with van der Waals surface area (Å²) in [6.45, 7) is 6.91. The molecule has 3 rings (SSSR count). The highest BCUT2D eigenvalue weighted by Gasteiger charge is 2.41. The lowest BCUT2D eigenvalue weighted by Gasteiger charge is -2.51. The number of nitrogens with zero attached hydrogens (tertiary/aromatic N) is 3. The van der Waals surface area contributed by atoms with Crippen molar-refractivity contribution in [1.82, 2.24) is 9.29 Å². The van der Waals surface area contributed by atoms with Gasteiger partial charge in [0.25, 0.3) is 0 Å². The van der Waals surface area contributed by atoms with Crippen molar-refractivity contribution < 1.29 is 13.5 Å². The summed E-state index contributed by atoms with van der Waals surface area (Å²) in [5, 5.41) is 11.8. The van der Waals surface area contributed by atoms with Crippen LogP contribution in [0.3, 0.4) is 0 Å². The quantitative estimate of drug-likeness (QED) is 0.904. The molecule has 7 heteroatoms. The maximum Gasteiger partial charge on any atom is 0.211 e. The van der Waals surface area contributed by atoms with E-state index in [2.05, 4.69) is 35.9 Å². The summed E-state index contributed by atoms with van der Waals surface area (Å²) in [5.74, 6) is 0.342. The number of pyridine rings is 1. The van der Waals surface area contributed by atoms with Crippen LogP contribution in [0.1, 0.15) is 32.3 Å². The van der Waals surface area contributed by atoms with E-state index in [1.807, 2.05) is 6.92 Å². The average molecular weight is 363 g/mol. The summed E-state index contributed by atoms with van der Waals surface area (Å²) in [4.78, 5) is 6.24. The molecule has 1 fully saturated rings. The normalized spacial score (nSPS) is 21.2. The van der Waals surface area contributed by atoms with E-state index in [0.29, 0.717) is 12.5 Å². The molecular weight excluding hydrogens is 338 g/mol. The zero-order chi connectivity index (χ0) is 18.5. The van der Waals surface area contributed by atoms with Gasteiger partial charge in [-0.1, -0.05) is 19.9 Å². The molecule has 2 heterocycles. The highest BCUT2D eigenvalue weighted by Crippen LogP contribution is 2.38. The lowest BCUT2D eigenvalue weighted by Crippen LogP contribution is -2.65. The van der Waals surface area contributed by atoms with Gasteiger partial charge in [0, 0.05) is 43.0 Å². The first-order valence-corrected chi connectivity index (χ1v) is 10.3. The van der Waals surface area contributed by atoms with Gasteiger partial charge in [0.1, 0.15) is 0 Å². The first-order chi connectivity index (χ1) is 11.6. The molecule has 1 aromatic heterocycles. The number of hydrogen-bond acceptors (Lipinski definition) is 5. The molecule has 6 nitrogen and oxygen atoms in total. The molecule has 0 amide bonds. The van der Waals surface area contributed by atoms with E-state index in [4.69, 9.17) is 0 Å². The smallest absolute Gasteiger partial charge is 0.211 e. The van der Waals surface area contributed by atoms with E-state index < -0.39 is 10.0 Å². The van der Waals surface area contributed by atoms with Crippen LogP contribution in [-0.2, 0) is 10.0 Å². The number of fused-ring (bicyclic) bond motifs is 1. The molecule has 1 aliphatic rings. The van der Waals surface area contributed by atoms with Crippen molar-refractivity contribution in [3.8, 4) is 5.88 Å². The molecule has 1 aliphatic heterocycles. The van der Waals surface area contributed by atoms with Gasteiger partial charge >= 0.3 is 0 Å². The lowest BCUT2D eigenvalue weighted by atomic mass is 9.92. The third-order valence-electron chi connectivity index (χ3n) is 5.25. The predicted octanol–water partition coefficient (Wildman–Crippen LogP) is 2.53. The van der Waals surface area contributed by atoms with Crippen molar-refractivity contribution in [2.24, 2.45) is 0 Å². The minimum Gasteiger partial charge on any atom is -0.493 e. The van der Waals surface area contributed by atoms with Gasteiger partial charge in [-0.05, 0) is 29.9 Å². The van der Waals surface area contributed by atoms with E-state index in [0.717, 1.165) is 22.0 Å². The van der Waals surface area contributed by atoms with Crippen LogP contribution in [0.25, 0.3) is 10.8 Å². The summed E-state index contributed by atoms with van der Waals surface area (Å²) in [7, 11) is -1.57. The van der Waals surface area contributed by atoms with Crippen molar-refractivity contribution in [3.05, 3.63) is 30.0 Å². The highest BCUT2D eigenvalue weighted by molar-refractivity contribution is 7.88. The Morgan fingerprint density at radius 3 is 2.56 bits per heavy atom. The third-order valence-corrected chi connectivity index (χ3v) is 6.57. The Labute approximate surface area is 149 Å².